The van der Waals surface area contributed by atoms with E-state index in [9.17, 15) is 19.8 Å². The van der Waals surface area contributed by atoms with Crippen LogP contribution in [0.3, 0.4) is 0 Å². The molecule has 0 saturated carbocycles. The Balaban J connectivity index is 1.71. The number of benzene rings is 1. The van der Waals surface area contributed by atoms with Gasteiger partial charge in [-0.1, -0.05) is 12.2 Å². The Morgan fingerprint density at radius 3 is 2.04 bits per heavy atom. The van der Waals surface area contributed by atoms with Crippen LogP contribution in [0.5, 0.6) is 11.8 Å². The second kappa shape index (κ2) is 4.53. The summed E-state index contributed by atoms with van der Waals surface area (Å²) in [6, 6.07) is 4.77. The van der Waals surface area contributed by atoms with E-state index in [2.05, 4.69) is 12.2 Å². The second-order valence-electron chi connectivity index (χ2n) is 6.88. The minimum Gasteiger partial charge on any atom is -0.494 e. The van der Waals surface area contributed by atoms with Crippen molar-refractivity contribution in [2.45, 2.75) is 24.7 Å². The van der Waals surface area contributed by atoms with Crippen LogP contribution in [-0.4, -0.2) is 38.5 Å². The summed E-state index contributed by atoms with van der Waals surface area (Å²) in [7, 11) is 1.44. The topological polar surface area (TPSA) is 82.8 Å². The van der Waals surface area contributed by atoms with Crippen molar-refractivity contribution in [2.24, 2.45) is 0 Å². The molecule has 2 atom stereocenters. The number of amides is 2. The van der Waals surface area contributed by atoms with E-state index >= 15 is 0 Å². The lowest BCUT2D eigenvalue weighted by molar-refractivity contribution is 0.0693. The smallest absolute Gasteiger partial charge is 0.261 e. The molecule has 1 aromatic heterocycles. The number of hydrogen-bond acceptors (Lipinski definition) is 4. The zero-order valence-corrected chi connectivity index (χ0v) is 13.6. The molecule has 6 rings (SSSR count). The van der Waals surface area contributed by atoms with Crippen molar-refractivity contribution in [3.05, 3.63) is 52.6 Å². The molecule has 4 aliphatic rings. The molecule has 2 amide bonds. The monoisotopic (exact) mass is 336 g/mol. The fourth-order valence-corrected chi connectivity index (χ4v) is 4.35. The minimum absolute atomic E-state index is 0.0108. The minimum atomic E-state index is -0.375. The average Bonchev–Trinajstić information content (AvgIpc) is 3.04. The molecule has 126 valence electrons. The SMILES string of the molecule is CN1C(=O)c2ccc(-n3c(O)c4c(c3O)[C@H]3C=C[C@@H]4CC3)cc2C1=O. The number of nitrogens with zero attached hydrogens (tertiary/aromatic N) is 2. The van der Waals surface area contributed by atoms with Gasteiger partial charge in [0.15, 0.2) is 0 Å². The summed E-state index contributed by atoms with van der Waals surface area (Å²) in [5, 5.41) is 21.5. The zero-order valence-electron chi connectivity index (χ0n) is 13.6. The van der Waals surface area contributed by atoms with Gasteiger partial charge in [0.1, 0.15) is 0 Å². The maximum atomic E-state index is 12.2. The molecule has 2 N–H and O–H groups in total. The van der Waals surface area contributed by atoms with Gasteiger partial charge in [-0.15, -0.1) is 0 Å². The van der Waals surface area contributed by atoms with Crippen LogP contribution in [0, 0.1) is 0 Å². The highest BCUT2D eigenvalue weighted by molar-refractivity contribution is 6.21. The van der Waals surface area contributed by atoms with Crippen LogP contribution in [0.25, 0.3) is 5.69 Å². The molecule has 0 unspecified atom stereocenters. The van der Waals surface area contributed by atoms with Crippen LogP contribution in [-0.2, 0) is 0 Å². The molecule has 6 heteroatoms. The molecule has 0 radical (unpaired) electrons. The highest BCUT2D eigenvalue weighted by atomic mass is 16.3. The fraction of sp³-hybridized carbons (Fsp3) is 0.263. The quantitative estimate of drug-likeness (QED) is 0.619. The molecule has 2 bridgehead atoms. The van der Waals surface area contributed by atoms with Gasteiger partial charge in [-0.2, -0.15) is 0 Å². The molecule has 6 nitrogen and oxygen atoms in total. The van der Waals surface area contributed by atoms with Crippen molar-refractivity contribution >= 4 is 11.8 Å². The van der Waals surface area contributed by atoms with Crippen molar-refractivity contribution in [1.82, 2.24) is 9.47 Å². The third-order valence-electron chi connectivity index (χ3n) is 5.63. The number of fused-ring (bicyclic) bond motifs is 2. The molecule has 1 aromatic carbocycles. The van der Waals surface area contributed by atoms with Crippen molar-refractivity contribution in [1.29, 1.82) is 0 Å². The molecular weight excluding hydrogens is 320 g/mol. The first-order valence-electron chi connectivity index (χ1n) is 8.30. The van der Waals surface area contributed by atoms with E-state index in [-0.39, 0.29) is 41.0 Å². The number of hydrogen-bond donors (Lipinski definition) is 2. The van der Waals surface area contributed by atoms with E-state index < -0.39 is 0 Å². The van der Waals surface area contributed by atoms with Gasteiger partial charge in [0.25, 0.3) is 11.8 Å². The van der Waals surface area contributed by atoms with Crippen molar-refractivity contribution in [3.63, 3.8) is 0 Å². The zero-order chi connectivity index (χ0) is 17.5. The second-order valence-corrected chi connectivity index (χ2v) is 6.88. The Labute approximate surface area is 143 Å². The molecule has 0 spiro atoms. The van der Waals surface area contributed by atoms with Gasteiger partial charge in [0.05, 0.1) is 16.8 Å². The first-order valence-corrected chi connectivity index (χ1v) is 8.30. The molecular formula is C19H16N2O4. The Morgan fingerprint density at radius 1 is 0.920 bits per heavy atom. The molecule has 2 heterocycles. The van der Waals surface area contributed by atoms with E-state index in [1.54, 1.807) is 18.2 Å². The van der Waals surface area contributed by atoms with Crippen LogP contribution >= 0.6 is 0 Å². The number of carbonyl (C=O) groups excluding carboxylic acids is 2. The third kappa shape index (κ3) is 1.64. The Morgan fingerprint density at radius 2 is 1.48 bits per heavy atom. The maximum absolute atomic E-state index is 12.2. The Bertz CT molecular complexity index is 964. The summed E-state index contributed by atoms with van der Waals surface area (Å²) in [5.41, 5.74) is 2.65. The van der Waals surface area contributed by atoms with E-state index in [0.717, 1.165) is 28.9 Å². The summed E-state index contributed by atoms with van der Waals surface area (Å²) < 4.78 is 1.37. The van der Waals surface area contributed by atoms with Gasteiger partial charge in [0, 0.05) is 30.0 Å². The van der Waals surface area contributed by atoms with Gasteiger partial charge in [-0.25, -0.2) is 0 Å². The van der Waals surface area contributed by atoms with E-state index in [1.807, 2.05) is 0 Å². The van der Waals surface area contributed by atoms with Gasteiger partial charge in [-0.05, 0) is 31.0 Å². The first-order chi connectivity index (χ1) is 12.0. The van der Waals surface area contributed by atoms with Crippen LogP contribution in [0.4, 0.5) is 0 Å². The van der Waals surface area contributed by atoms with Crippen molar-refractivity contribution in [3.8, 4) is 17.4 Å². The lowest BCUT2D eigenvalue weighted by Gasteiger charge is -2.30. The lowest BCUT2D eigenvalue weighted by atomic mass is 9.73. The number of rotatable bonds is 1. The predicted molar refractivity (Wildman–Crippen MR) is 89.4 cm³/mol. The van der Waals surface area contributed by atoms with Crippen LogP contribution in [0.15, 0.2) is 30.4 Å². The van der Waals surface area contributed by atoms with E-state index in [4.69, 9.17) is 0 Å². The number of carbonyl (C=O) groups is 2. The van der Waals surface area contributed by atoms with Gasteiger partial charge < -0.3 is 10.2 Å². The molecule has 1 aliphatic heterocycles. The average molecular weight is 336 g/mol. The number of aromatic nitrogens is 1. The van der Waals surface area contributed by atoms with Crippen molar-refractivity contribution < 1.29 is 19.8 Å². The molecule has 3 aliphatic carbocycles. The lowest BCUT2D eigenvalue weighted by Crippen LogP contribution is -2.24. The van der Waals surface area contributed by atoms with E-state index in [1.165, 1.54) is 11.6 Å². The molecule has 25 heavy (non-hydrogen) atoms. The number of aromatic hydroxyl groups is 2. The molecule has 0 fully saturated rings. The summed E-state index contributed by atoms with van der Waals surface area (Å²) in [6.45, 7) is 0. The standard InChI is InChI=1S/C19H16N2O4/c1-20-16(22)12-7-6-11(8-13(12)17(20)23)21-18(24)14-9-2-3-10(5-4-9)15(14)19(21)25/h2-3,6-10,24-25H,4-5H2,1H3/t9-,10+. The van der Waals surface area contributed by atoms with Crippen LogP contribution in [0.1, 0.15) is 56.5 Å². The fourth-order valence-electron chi connectivity index (χ4n) is 4.35. The Kier molecular flexibility index (Phi) is 2.60. The first kappa shape index (κ1) is 14.3. The summed E-state index contributed by atoms with van der Waals surface area (Å²) in [6.07, 6.45) is 6.07. The number of allylic oxidation sites excluding steroid dienone is 2. The highest BCUT2D eigenvalue weighted by Gasteiger charge is 2.39. The van der Waals surface area contributed by atoms with Crippen LogP contribution in [0.2, 0.25) is 0 Å². The predicted octanol–water partition coefficient (Wildman–Crippen LogP) is 2.65. The molecule has 2 aromatic rings. The summed E-state index contributed by atoms with van der Waals surface area (Å²) in [4.78, 5) is 25.3. The Hall–Kier alpha value is -3.02. The number of imide groups is 1. The highest BCUT2D eigenvalue weighted by Crippen LogP contribution is 2.54. The van der Waals surface area contributed by atoms with Crippen LogP contribution < -0.4 is 0 Å². The van der Waals surface area contributed by atoms with Gasteiger partial charge in [-0.3, -0.25) is 19.1 Å². The van der Waals surface area contributed by atoms with E-state index in [0.29, 0.717) is 11.3 Å². The summed E-state index contributed by atoms with van der Waals surface area (Å²) in [5.74, 6) is -0.478. The van der Waals surface area contributed by atoms with Gasteiger partial charge >= 0.3 is 0 Å². The maximum Gasteiger partial charge on any atom is 0.261 e. The largest absolute Gasteiger partial charge is 0.494 e. The third-order valence-corrected chi connectivity index (χ3v) is 5.63. The van der Waals surface area contributed by atoms with Gasteiger partial charge in [0.2, 0.25) is 11.8 Å². The normalized spacial score (nSPS) is 23.3. The molecule has 0 saturated heterocycles. The summed E-state index contributed by atoms with van der Waals surface area (Å²) >= 11 is 0. The van der Waals surface area contributed by atoms with Crippen molar-refractivity contribution in [2.75, 3.05) is 7.05 Å².